The molecule has 2 aromatic carbocycles. The number of nitrogens with zero attached hydrogens (tertiary/aromatic N) is 3. The molecule has 4 rings (SSSR count). The molecular weight excluding hydrogens is 354 g/mol. The van der Waals surface area contributed by atoms with Gasteiger partial charge in [0.15, 0.2) is 0 Å². The molecular formula is C21H19N5O2. The first-order valence-electron chi connectivity index (χ1n) is 8.97. The van der Waals surface area contributed by atoms with Crippen LogP contribution in [0.2, 0.25) is 0 Å². The van der Waals surface area contributed by atoms with Crippen LogP contribution in [-0.2, 0) is 17.8 Å². The van der Waals surface area contributed by atoms with Gasteiger partial charge in [0.25, 0.3) is 5.56 Å². The number of carbonyl (C=O) groups excluding carboxylic acids is 1. The molecule has 0 aliphatic carbocycles. The van der Waals surface area contributed by atoms with E-state index in [1.165, 1.54) is 10.9 Å². The Labute approximate surface area is 161 Å². The Morgan fingerprint density at radius 3 is 2.64 bits per heavy atom. The maximum Gasteiger partial charge on any atom is 0.261 e. The van der Waals surface area contributed by atoms with E-state index in [4.69, 9.17) is 0 Å². The number of rotatable bonds is 6. The maximum atomic E-state index is 12.7. The molecule has 0 spiro atoms. The minimum absolute atomic E-state index is 0.0991. The zero-order valence-corrected chi connectivity index (χ0v) is 15.1. The molecule has 140 valence electrons. The molecule has 1 amide bonds. The molecule has 2 N–H and O–H groups in total. The van der Waals surface area contributed by atoms with Gasteiger partial charge in [0, 0.05) is 18.8 Å². The number of fused-ring (bicyclic) bond motifs is 1. The first-order chi connectivity index (χ1) is 13.7. The average Bonchev–Trinajstić information content (AvgIpc) is 3.24. The number of nitrogens with one attached hydrogen (secondary N) is 2. The predicted octanol–water partition coefficient (Wildman–Crippen LogP) is 2.22. The molecule has 2 heterocycles. The summed E-state index contributed by atoms with van der Waals surface area (Å²) >= 11 is 0. The lowest BCUT2D eigenvalue weighted by Gasteiger charge is -2.19. The Bertz CT molecular complexity index is 1140. The van der Waals surface area contributed by atoms with E-state index in [1.807, 2.05) is 36.4 Å². The van der Waals surface area contributed by atoms with Gasteiger partial charge in [0.2, 0.25) is 5.91 Å². The van der Waals surface area contributed by atoms with Gasteiger partial charge in [-0.3, -0.25) is 14.2 Å². The van der Waals surface area contributed by atoms with Crippen molar-refractivity contribution in [3.63, 3.8) is 0 Å². The minimum Gasteiger partial charge on any atom is -0.349 e. The van der Waals surface area contributed by atoms with Crippen LogP contribution in [0.5, 0.6) is 0 Å². The largest absolute Gasteiger partial charge is 0.349 e. The Balaban J connectivity index is 1.55. The standard InChI is InChI=1S/C21H19N5O2/c27-20(13-26-14-24-17-9-5-4-8-16(17)21(26)28)25-18(12-19-22-10-11-23-19)15-6-2-1-3-7-15/h1-11,14,18H,12-13H2,(H,22,23)(H,25,27). The summed E-state index contributed by atoms with van der Waals surface area (Å²) in [6.07, 6.45) is 5.36. The normalized spacial score (nSPS) is 12.0. The third-order valence-corrected chi connectivity index (χ3v) is 4.53. The Morgan fingerprint density at radius 1 is 1.07 bits per heavy atom. The van der Waals surface area contributed by atoms with Gasteiger partial charge in [-0.25, -0.2) is 9.97 Å². The van der Waals surface area contributed by atoms with Crippen LogP contribution >= 0.6 is 0 Å². The van der Waals surface area contributed by atoms with Crippen LogP contribution in [0.1, 0.15) is 17.4 Å². The van der Waals surface area contributed by atoms with Crippen molar-refractivity contribution in [2.24, 2.45) is 0 Å². The zero-order chi connectivity index (χ0) is 19.3. The van der Waals surface area contributed by atoms with Gasteiger partial charge in [0.1, 0.15) is 12.4 Å². The second-order valence-electron chi connectivity index (χ2n) is 6.47. The highest BCUT2D eigenvalue weighted by Crippen LogP contribution is 2.16. The van der Waals surface area contributed by atoms with Crippen LogP contribution in [0.3, 0.4) is 0 Å². The molecule has 1 atom stereocenters. The summed E-state index contributed by atoms with van der Waals surface area (Å²) in [6.45, 7) is -0.0991. The fourth-order valence-corrected chi connectivity index (χ4v) is 3.15. The van der Waals surface area contributed by atoms with E-state index in [0.717, 1.165) is 11.4 Å². The lowest BCUT2D eigenvalue weighted by Crippen LogP contribution is -2.35. The summed E-state index contributed by atoms with van der Waals surface area (Å²) in [4.78, 5) is 36.9. The second kappa shape index (κ2) is 7.87. The Hall–Kier alpha value is -3.74. The molecule has 2 aromatic heterocycles. The number of imidazole rings is 1. The lowest BCUT2D eigenvalue weighted by atomic mass is 10.0. The van der Waals surface area contributed by atoms with Gasteiger partial charge in [-0.05, 0) is 17.7 Å². The highest BCUT2D eigenvalue weighted by atomic mass is 16.2. The molecule has 0 saturated heterocycles. The summed E-state index contributed by atoms with van der Waals surface area (Å²) in [5.41, 5.74) is 1.35. The highest BCUT2D eigenvalue weighted by Gasteiger charge is 2.17. The number of aromatic nitrogens is 4. The summed E-state index contributed by atoms with van der Waals surface area (Å²) < 4.78 is 1.33. The van der Waals surface area contributed by atoms with Crippen molar-refractivity contribution >= 4 is 16.8 Å². The van der Waals surface area contributed by atoms with Crippen molar-refractivity contribution in [1.29, 1.82) is 0 Å². The van der Waals surface area contributed by atoms with Crippen molar-refractivity contribution in [3.8, 4) is 0 Å². The molecule has 0 bridgehead atoms. The molecule has 0 radical (unpaired) electrons. The average molecular weight is 373 g/mol. The topological polar surface area (TPSA) is 92.7 Å². The summed E-state index contributed by atoms with van der Waals surface area (Å²) in [5.74, 6) is 0.512. The van der Waals surface area contributed by atoms with Gasteiger partial charge < -0.3 is 10.3 Å². The van der Waals surface area contributed by atoms with Gasteiger partial charge in [0.05, 0.1) is 23.3 Å². The molecule has 7 heteroatoms. The van der Waals surface area contributed by atoms with Crippen molar-refractivity contribution in [2.75, 3.05) is 0 Å². The summed E-state index contributed by atoms with van der Waals surface area (Å²) in [5, 5.41) is 3.50. The van der Waals surface area contributed by atoms with E-state index < -0.39 is 0 Å². The van der Waals surface area contributed by atoms with Crippen molar-refractivity contribution in [2.45, 2.75) is 19.0 Å². The fourth-order valence-electron chi connectivity index (χ4n) is 3.15. The van der Waals surface area contributed by atoms with E-state index >= 15 is 0 Å². The van der Waals surface area contributed by atoms with Crippen molar-refractivity contribution in [3.05, 3.63) is 95.1 Å². The molecule has 28 heavy (non-hydrogen) atoms. The monoisotopic (exact) mass is 373 g/mol. The molecule has 0 fully saturated rings. The molecule has 0 saturated carbocycles. The minimum atomic E-state index is -0.264. The smallest absolute Gasteiger partial charge is 0.261 e. The van der Waals surface area contributed by atoms with E-state index in [1.54, 1.807) is 30.6 Å². The summed E-state index contributed by atoms with van der Waals surface area (Å²) in [7, 11) is 0. The number of carbonyl (C=O) groups is 1. The number of H-pyrrole nitrogens is 1. The summed E-state index contributed by atoms with van der Waals surface area (Å²) in [6, 6.07) is 16.5. The molecule has 4 aromatic rings. The number of hydrogen-bond donors (Lipinski definition) is 2. The first kappa shape index (κ1) is 17.7. The highest BCUT2D eigenvalue weighted by molar-refractivity contribution is 5.79. The number of amides is 1. The second-order valence-corrected chi connectivity index (χ2v) is 6.47. The molecule has 0 aliphatic rings. The van der Waals surface area contributed by atoms with Crippen molar-refractivity contribution < 1.29 is 4.79 Å². The molecule has 7 nitrogen and oxygen atoms in total. The molecule has 1 unspecified atom stereocenters. The van der Waals surface area contributed by atoms with E-state index in [-0.39, 0.29) is 24.1 Å². The van der Waals surface area contributed by atoms with Gasteiger partial charge in [-0.2, -0.15) is 0 Å². The Morgan fingerprint density at radius 2 is 1.86 bits per heavy atom. The van der Waals surface area contributed by atoms with Gasteiger partial charge in [-0.15, -0.1) is 0 Å². The predicted molar refractivity (Wildman–Crippen MR) is 106 cm³/mol. The van der Waals surface area contributed by atoms with E-state index in [2.05, 4.69) is 20.3 Å². The van der Waals surface area contributed by atoms with Crippen LogP contribution in [0.25, 0.3) is 10.9 Å². The number of aromatic amines is 1. The van der Waals surface area contributed by atoms with Gasteiger partial charge >= 0.3 is 0 Å². The maximum absolute atomic E-state index is 12.7. The quantitative estimate of drug-likeness (QED) is 0.542. The third-order valence-electron chi connectivity index (χ3n) is 4.53. The zero-order valence-electron chi connectivity index (χ0n) is 15.1. The lowest BCUT2D eigenvalue weighted by molar-refractivity contribution is -0.122. The SMILES string of the molecule is O=C(Cn1cnc2ccccc2c1=O)NC(Cc1ncc[nH]1)c1ccccc1. The van der Waals surface area contributed by atoms with E-state index in [9.17, 15) is 9.59 Å². The van der Waals surface area contributed by atoms with Crippen LogP contribution in [0, 0.1) is 0 Å². The van der Waals surface area contributed by atoms with Crippen LogP contribution < -0.4 is 10.9 Å². The molecule has 0 aliphatic heterocycles. The third kappa shape index (κ3) is 3.83. The number of hydrogen-bond acceptors (Lipinski definition) is 4. The van der Waals surface area contributed by atoms with Crippen LogP contribution in [-0.4, -0.2) is 25.4 Å². The van der Waals surface area contributed by atoms with Crippen molar-refractivity contribution in [1.82, 2.24) is 24.8 Å². The van der Waals surface area contributed by atoms with Crippen LogP contribution in [0.15, 0.2) is 78.1 Å². The first-order valence-corrected chi connectivity index (χ1v) is 8.97. The number of para-hydroxylation sites is 1. The van der Waals surface area contributed by atoms with Gasteiger partial charge in [-0.1, -0.05) is 42.5 Å². The Kier molecular flexibility index (Phi) is 4.97. The fraction of sp³-hybridized carbons (Fsp3) is 0.143. The van der Waals surface area contributed by atoms with E-state index in [0.29, 0.717) is 17.3 Å². The number of benzene rings is 2. The van der Waals surface area contributed by atoms with Crippen LogP contribution in [0.4, 0.5) is 0 Å².